The fourth-order valence-corrected chi connectivity index (χ4v) is 2.49. The van der Waals surface area contributed by atoms with Crippen LogP contribution in [0.2, 0.25) is 0 Å². The number of amides is 1. The van der Waals surface area contributed by atoms with Crippen LogP contribution in [-0.2, 0) is 9.59 Å². The monoisotopic (exact) mass is 306 g/mol. The molecule has 0 aliphatic carbocycles. The number of methoxy groups -OCH3 is 2. The van der Waals surface area contributed by atoms with Gasteiger partial charge in [-0.2, -0.15) is 0 Å². The third kappa shape index (κ3) is 3.76. The number of Topliss-reactive ketones (excluding diaryl/α,β-unsaturated/α-hetero) is 1. The lowest BCUT2D eigenvalue weighted by atomic mass is 10.1. The lowest BCUT2D eigenvalue weighted by Crippen LogP contribution is -2.46. The number of nitrogens with zero attached hydrogens (tertiary/aromatic N) is 1. The van der Waals surface area contributed by atoms with Crippen molar-refractivity contribution in [2.45, 2.75) is 25.8 Å². The molecular formula is C16H22N2O4. The highest BCUT2D eigenvalue weighted by atomic mass is 16.5. The summed E-state index contributed by atoms with van der Waals surface area (Å²) in [4.78, 5) is 25.6. The molecule has 120 valence electrons. The van der Waals surface area contributed by atoms with Crippen LogP contribution in [0.3, 0.4) is 0 Å². The number of rotatable bonds is 5. The summed E-state index contributed by atoms with van der Waals surface area (Å²) in [5.74, 6) is 1.35. The molecule has 0 saturated carbocycles. The molecule has 1 aromatic carbocycles. The summed E-state index contributed by atoms with van der Waals surface area (Å²) in [5.41, 5.74) is 0.655. The number of carbonyl (C=O) groups is 2. The van der Waals surface area contributed by atoms with Gasteiger partial charge < -0.3 is 14.8 Å². The molecule has 0 bridgehead atoms. The van der Waals surface area contributed by atoms with E-state index in [0.717, 1.165) is 0 Å². The summed E-state index contributed by atoms with van der Waals surface area (Å²) < 4.78 is 10.4. The molecule has 1 fully saturated rings. The summed E-state index contributed by atoms with van der Waals surface area (Å²) in [6, 6.07) is 4.97. The molecule has 1 aliphatic rings. The first-order valence-corrected chi connectivity index (χ1v) is 7.33. The largest absolute Gasteiger partial charge is 0.493 e. The van der Waals surface area contributed by atoms with Gasteiger partial charge in [-0.25, -0.2) is 0 Å². The first-order chi connectivity index (χ1) is 10.5. The maximum atomic E-state index is 12.3. The standard InChI is InChI=1S/C16H22N2O4/c1-11(18-8-6-13(19)7-9-18)16(20)17-12-4-5-14(21-2)15(10-12)22-3/h4-5,10-11H,6-9H2,1-3H3,(H,17,20). The molecule has 1 saturated heterocycles. The predicted octanol–water partition coefficient (Wildman–Crippen LogP) is 1.70. The molecule has 0 spiro atoms. The Morgan fingerprint density at radius 3 is 2.41 bits per heavy atom. The van der Waals surface area contributed by atoms with E-state index in [2.05, 4.69) is 5.32 Å². The topological polar surface area (TPSA) is 67.9 Å². The Kier molecular flexibility index (Phi) is 5.38. The third-order valence-corrected chi connectivity index (χ3v) is 3.93. The number of ketones is 1. The van der Waals surface area contributed by atoms with Crippen molar-refractivity contribution in [1.29, 1.82) is 0 Å². The van der Waals surface area contributed by atoms with Gasteiger partial charge in [0, 0.05) is 37.7 Å². The number of anilines is 1. The minimum atomic E-state index is -0.277. The van der Waals surface area contributed by atoms with E-state index >= 15 is 0 Å². The van der Waals surface area contributed by atoms with E-state index in [1.54, 1.807) is 32.4 Å². The average Bonchev–Trinajstić information content (AvgIpc) is 2.54. The van der Waals surface area contributed by atoms with E-state index in [9.17, 15) is 9.59 Å². The van der Waals surface area contributed by atoms with Gasteiger partial charge in [0.1, 0.15) is 5.78 Å². The van der Waals surface area contributed by atoms with Crippen molar-refractivity contribution in [3.8, 4) is 11.5 Å². The van der Waals surface area contributed by atoms with Crippen LogP contribution >= 0.6 is 0 Å². The summed E-state index contributed by atoms with van der Waals surface area (Å²) in [6.45, 7) is 3.13. The highest BCUT2D eigenvalue weighted by molar-refractivity contribution is 5.95. The minimum absolute atomic E-state index is 0.0958. The van der Waals surface area contributed by atoms with Gasteiger partial charge in [-0.15, -0.1) is 0 Å². The van der Waals surface area contributed by atoms with Gasteiger partial charge >= 0.3 is 0 Å². The molecule has 0 radical (unpaired) electrons. The zero-order chi connectivity index (χ0) is 16.1. The van der Waals surface area contributed by atoms with Crippen molar-refractivity contribution < 1.29 is 19.1 Å². The van der Waals surface area contributed by atoms with Crippen LogP contribution in [-0.4, -0.2) is 49.9 Å². The van der Waals surface area contributed by atoms with Crippen LogP contribution < -0.4 is 14.8 Å². The molecule has 1 amide bonds. The Labute approximate surface area is 130 Å². The highest BCUT2D eigenvalue weighted by Crippen LogP contribution is 2.29. The zero-order valence-corrected chi connectivity index (χ0v) is 13.2. The van der Waals surface area contributed by atoms with E-state index in [4.69, 9.17) is 9.47 Å². The Morgan fingerprint density at radius 2 is 1.82 bits per heavy atom. The summed E-state index contributed by atoms with van der Waals surface area (Å²) in [6.07, 6.45) is 1.04. The fourth-order valence-electron chi connectivity index (χ4n) is 2.49. The lowest BCUT2D eigenvalue weighted by molar-refractivity contribution is -0.126. The second kappa shape index (κ2) is 7.26. The van der Waals surface area contributed by atoms with Gasteiger partial charge in [0.25, 0.3) is 0 Å². The molecule has 2 rings (SSSR count). The second-order valence-electron chi connectivity index (χ2n) is 5.31. The SMILES string of the molecule is COc1ccc(NC(=O)C(C)N2CCC(=O)CC2)cc1OC. The number of benzene rings is 1. The van der Waals surface area contributed by atoms with E-state index < -0.39 is 0 Å². The van der Waals surface area contributed by atoms with Crippen molar-refractivity contribution in [3.05, 3.63) is 18.2 Å². The number of carbonyl (C=O) groups excluding carboxylic acids is 2. The number of likely N-dealkylation sites (tertiary alicyclic amines) is 1. The van der Waals surface area contributed by atoms with Crippen LogP contribution in [0, 0.1) is 0 Å². The molecule has 22 heavy (non-hydrogen) atoms. The van der Waals surface area contributed by atoms with Crippen molar-refractivity contribution in [2.24, 2.45) is 0 Å². The zero-order valence-electron chi connectivity index (χ0n) is 13.2. The number of hydrogen-bond acceptors (Lipinski definition) is 5. The number of piperidine rings is 1. The van der Waals surface area contributed by atoms with E-state index in [0.29, 0.717) is 43.1 Å². The minimum Gasteiger partial charge on any atom is -0.493 e. The van der Waals surface area contributed by atoms with Crippen molar-refractivity contribution in [3.63, 3.8) is 0 Å². The van der Waals surface area contributed by atoms with E-state index in [1.165, 1.54) is 0 Å². The van der Waals surface area contributed by atoms with Crippen molar-refractivity contribution in [2.75, 3.05) is 32.6 Å². The normalized spacial score (nSPS) is 17.0. The third-order valence-electron chi connectivity index (χ3n) is 3.93. The van der Waals surface area contributed by atoms with Gasteiger partial charge in [0.05, 0.1) is 20.3 Å². The molecule has 6 nitrogen and oxygen atoms in total. The molecule has 1 N–H and O–H groups in total. The molecule has 1 unspecified atom stereocenters. The Balaban J connectivity index is 2.00. The highest BCUT2D eigenvalue weighted by Gasteiger charge is 2.25. The molecule has 1 aliphatic heterocycles. The number of nitrogens with one attached hydrogen (secondary N) is 1. The Hall–Kier alpha value is -2.08. The Bertz CT molecular complexity index is 549. The fraction of sp³-hybridized carbons (Fsp3) is 0.500. The predicted molar refractivity (Wildman–Crippen MR) is 83.5 cm³/mol. The summed E-state index contributed by atoms with van der Waals surface area (Å²) >= 11 is 0. The first-order valence-electron chi connectivity index (χ1n) is 7.33. The van der Waals surface area contributed by atoms with Crippen LogP contribution in [0.15, 0.2) is 18.2 Å². The van der Waals surface area contributed by atoms with Crippen molar-refractivity contribution in [1.82, 2.24) is 4.90 Å². The van der Waals surface area contributed by atoms with Gasteiger partial charge in [-0.3, -0.25) is 14.5 Å². The molecule has 1 atom stereocenters. The molecule has 0 aromatic heterocycles. The Morgan fingerprint density at radius 1 is 1.18 bits per heavy atom. The maximum absolute atomic E-state index is 12.3. The van der Waals surface area contributed by atoms with E-state index in [-0.39, 0.29) is 17.7 Å². The van der Waals surface area contributed by atoms with Gasteiger partial charge in [-0.05, 0) is 19.1 Å². The van der Waals surface area contributed by atoms with Gasteiger partial charge in [-0.1, -0.05) is 0 Å². The number of ether oxygens (including phenoxy) is 2. The van der Waals surface area contributed by atoms with Gasteiger partial charge in [0.2, 0.25) is 5.91 Å². The molecule has 1 heterocycles. The van der Waals surface area contributed by atoms with Crippen LogP contribution in [0.5, 0.6) is 11.5 Å². The lowest BCUT2D eigenvalue weighted by Gasteiger charge is -2.30. The number of hydrogen-bond donors (Lipinski definition) is 1. The second-order valence-corrected chi connectivity index (χ2v) is 5.31. The molecular weight excluding hydrogens is 284 g/mol. The van der Waals surface area contributed by atoms with Crippen LogP contribution in [0.4, 0.5) is 5.69 Å². The van der Waals surface area contributed by atoms with Crippen LogP contribution in [0.25, 0.3) is 0 Å². The maximum Gasteiger partial charge on any atom is 0.241 e. The quantitative estimate of drug-likeness (QED) is 0.896. The van der Waals surface area contributed by atoms with Crippen molar-refractivity contribution >= 4 is 17.4 Å². The average molecular weight is 306 g/mol. The van der Waals surface area contributed by atoms with E-state index in [1.807, 2.05) is 11.8 Å². The summed E-state index contributed by atoms with van der Waals surface area (Å²) in [7, 11) is 3.12. The molecule has 1 aromatic rings. The van der Waals surface area contributed by atoms with Crippen LogP contribution in [0.1, 0.15) is 19.8 Å². The smallest absolute Gasteiger partial charge is 0.241 e. The summed E-state index contributed by atoms with van der Waals surface area (Å²) in [5, 5.41) is 2.88. The van der Waals surface area contributed by atoms with Gasteiger partial charge in [0.15, 0.2) is 11.5 Å². The molecule has 6 heteroatoms. The first kappa shape index (κ1) is 16.3.